The number of hydrogen-bond donors (Lipinski definition) is 3. The number of rotatable bonds is 4. The Bertz CT molecular complexity index is 885. The number of hydrogen-bond acceptors (Lipinski definition) is 4. The van der Waals surface area contributed by atoms with Crippen LogP contribution in [0.1, 0.15) is 93.4 Å². The molecule has 3 saturated carbocycles. The molecule has 1 heterocycles. The first-order valence-corrected chi connectivity index (χ1v) is 13.8. The molecule has 2 bridgehead atoms. The Labute approximate surface area is 206 Å². The smallest absolute Gasteiger partial charge is 0.162 e. The van der Waals surface area contributed by atoms with Gasteiger partial charge in [0.1, 0.15) is 5.60 Å². The average Bonchev–Trinajstić information content (AvgIpc) is 3.09. The van der Waals surface area contributed by atoms with Gasteiger partial charge in [0.2, 0.25) is 0 Å². The topological polar surface area (TPSA) is 69.9 Å². The van der Waals surface area contributed by atoms with Crippen LogP contribution in [0.3, 0.4) is 0 Å². The summed E-state index contributed by atoms with van der Waals surface area (Å²) in [5.41, 5.74) is -1.67. The SMILES string of the molecule is C[C@H](C/C=C/C(C)(C)O)C1CC[C@@]2(C)C3C=CC45OC(O)C3(CCC12C)[C@@H]4CC[C@H](O)C5(C)C. The highest BCUT2D eigenvalue weighted by molar-refractivity contribution is 5.34. The van der Waals surface area contributed by atoms with E-state index in [1.54, 1.807) is 0 Å². The average molecular weight is 473 g/mol. The van der Waals surface area contributed by atoms with E-state index in [1.165, 1.54) is 12.8 Å². The highest BCUT2D eigenvalue weighted by Crippen LogP contribution is 2.78. The Morgan fingerprint density at radius 3 is 2.41 bits per heavy atom. The normalized spacial score (nSPS) is 52.4. The van der Waals surface area contributed by atoms with Crippen LogP contribution in [-0.2, 0) is 4.74 Å². The molecule has 192 valence electrons. The standard InChI is InChI=1S/C30H48O4/c1-19(9-8-14-25(2,3)33)20-12-15-28(7)21-13-16-30-22(10-11-23(31)26(30,4)5)29(21,24(32)34-30)18-17-27(20,28)6/h8,13-14,16,19-24,31-33H,9-12,15,17-18H2,1-7H3/b14-8+/t19-,20?,21?,22+,23+,24?,27?,28+,29?,30?/m1/s1. The molecule has 0 aromatic heterocycles. The van der Waals surface area contributed by atoms with Gasteiger partial charge in [-0.05, 0) is 87.4 Å². The van der Waals surface area contributed by atoms with Crippen LogP contribution in [0, 0.1) is 45.3 Å². The molecule has 1 aliphatic heterocycles. The zero-order valence-electron chi connectivity index (χ0n) is 22.5. The molecule has 1 saturated heterocycles. The van der Waals surface area contributed by atoms with Crippen LogP contribution in [0.2, 0.25) is 0 Å². The fourth-order valence-corrected chi connectivity index (χ4v) is 9.98. The lowest BCUT2D eigenvalue weighted by molar-refractivity contribution is -0.213. The van der Waals surface area contributed by atoms with Crippen molar-refractivity contribution in [2.45, 2.75) is 117 Å². The maximum Gasteiger partial charge on any atom is 0.162 e. The summed E-state index contributed by atoms with van der Waals surface area (Å²) in [4.78, 5) is 0. The van der Waals surface area contributed by atoms with Crippen molar-refractivity contribution < 1.29 is 20.1 Å². The Morgan fingerprint density at radius 2 is 1.74 bits per heavy atom. The zero-order chi connectivity index (χ0) is 24.9. The first kappa shape index (κ1) is 25.0. The van der Waals surface area contributed by atoms with Crippen molar-refractivity contribution >= 4 is 0 Å². The van der Waals surface area contributed by atoms with E-state index in [4.69, 9.17) is 4.74 Å². The van der Waals surface area contributed by atoms with Gasteiger partial charge in [0.25, 0.3) is 0 Å². The van der Waals surface area contributed by atoms with Gasteiger partial charge in [0.05, 0.1) is 11.7 Å². The van der Waals surface area contributed by atoms with Crippen LogP contribution in [-0.4, -0.2) is 38.9 Å². The molecule has 4 heteroatoms. The van der Waals surface area contributed by atoms with E-state index >= 15 is 0 Å². The summed E-state index contributed by atoms with van der Waals surface area (Å²) < 4.78 is 6.58. The summed E-state index contributed by atoms with van der Waals surface area (Å²) >= 11 is 0. The maximum atomic E-state index is 11.6. The van der Waals surface area contributed by atoms with E-state index in [0.717, 1.165) is 32.1 Å². The van der Waals surface area contributed by atoms with Gasteiger partial charge in [-0.15, -0.1) is 0 Å². The third kappa shape index (κ3) is 2.92. The van der Waals surface area contributed by atoms with E-state index in [9.17, 15) is 15.3 Å². The van der Waals surface area contributed by atoms with Gasteiger partial charge in [0.15, 0.2) is 6.29 Å². The number of fused-ring (bicyclic) bond motifs is 2. The second-order valence-electron chi connectivity index (χ2n) is 14.3. The number of aliphatic hydroxyl groups is 3. The fourth-order valence-electron chi connectivity index (χ4n) is 9.98. The molecule has 6 unspecified atom stereocenters. The van der Waals surface area contributed by atoms with Gasteiger partial charge in [-0.2, -0.15) is 0 Å². The van der Waals surface area contributed by atoms with Crippen LogP contribution in [0.25, 0.3) is 0 Å². The molecular weight excluding hydrogens is 424 g/mol. The van der Waals surface area contributed by atoms with Crippen LogP contribution in [0.4, 0.5) is 0 Å². The van der Waals surface area contributed by atoms with Crippen molar-refractivity contribution in [3.8, 4) is 0 Å². The predicted octanol–water partition coefficient (Wildman–Crippen LogP) is 5.61. The molecule has 5 aliphatic rings. The van der Waals surface area contributed by atoms with Gasteiger partial charge >= 0.3 is 0 Å². The molecule has 0 amide bonds. The number of ether oxygens (including phenoxy) is 1. The van der Waals surface area contributed by atoms with Crippen LogP contribution in [0.15, 0.2) is 24.3 Å². The van der Waals surface area contributed by atoms with Crippen molar-refractivity contribution in [3.05, 3.63) is 24.3 Å². The monoisotopic (exact) mass is 472 g/mol. The van der Waals surface area contributed by atoms with Gasteiger partial charge < -0.3 is 20.1 Å². The van der Waals surface area contributed by atoms with Gasteiger partial charge in [-0.1, -0.05) is 58.9 Å². The third-order valence-corrected chi connectivity index (χ3v) is 12.2. The molecule has 4 fully saturated rings. The van der Waals surface area contributed by atoms with E-state index in [-0.39, 0.29) is 22.2 Å². The van der Waals surface area contributed by atoms with Crippen molar-refractivity contribution in [2.75, 3.05) is 0 Å². The highest BCUT2D eigenvalue weighted by atomic mass is 16.6. The molecule has 0 aromatic carbocycles. The zero-order valence-corrected chi connectivity index (χ0v) is 22.5. The number of aliphatic hydroxyl groups excluding tert-OH is 2. The minimum absolute atomic E-state index is 0.113. The van der Waals surface area contributed by atoms with E-state index in [0.29, 0.717) is 17.8 Å². The first-order chi connectivity index (χ1) is 15.7. The predicted molar refractivity (Wildman–Crippen MR) is 135 cm³/mol. The van der Waals surface area contributed by atoms with Crippen molar-refractivity contribution in [2.24, 2.45) is 45.3 Å². The van der Waals surface area contributed by atoms with Gasteiger partial charge in [-0.3, -0.25) is 0 Å². The molecule has 5 rings (SSSR count). The molecule has 3 N–H and O–H groups in total. The van der Waals surface area contributed by atoms with Gasteiger partial charge in [0, 0.05) is 16.7 Å². The van der Waals surface area contributed by atoms with Crippen molar-refractivity contribution in [3.63, 3.8) is 0 Å². The number of allylic oxidation sites excluding steroid dienone is 2. The summed E-state index contributed by atoms with van der Waals surface area (Å²) in [7, 11) is 0. The lowest BCUT2D eigenvalue weighted by atomic mass is 9.38. The second kappa shape index (κ2) is 7.43. The largest absolute Gasteiger partial charge is 0.392 e. The molecular formula is C30H48O4. The Kier molecular flexibility index (Phi) is 5.46. The first-order valence-electron chi connectivity index (χ1n) is 13.8. The van der Waals surface area contributed by atoms with Crippen LogP contribution in [0.5, 0.6) is 0 Å². The summed E-state index contributed by atoms with van der Waals surface area (Å²) in [6, 6.07) is 0. The molecule has 0 aromatic rings. The highest BCUT2D eigenvalue weighted by Gasteiger charge is 2.78. The Hall–Kier alpha value is -0.680. The molecule has 1 spiro atoms. The molecule has 0 radical (unpaired) electrons. The summed E-state index contributed by atoms with van der Waals surface area (Å²) in [6.07, 6.45) is 14.9. The third-order valence-electron chi connectivity index (χ3n) is 12.2. The Morgan fingerprint density at radius 1 is 1.03 bits per heavy atom. The maximum absolute atomic E-state index is 11.6. The van der Waals surface area contributed by atoms with E-state index in [2.05, 4.69) is 52.8 Å². The van der Waals surface area contributed by atoms with Crippen LogP contribution >= 0.6 is 0 Å². The summed E-state index contributed by atoms with van der Waals surface area (Å²) in [5, 5.41) is 32.6. The minimum atomic E-state index is -0.769. The molecule has 34 heavy (non-hydrogen) atoms. The lowest BCUT2D eigenvalue weighted by Crippen LogP contribution is -2.65. The fraction of sp³-hybridized carbons (Fsp3) is 0.867. The quantitative estimate of drug-likeness (QED) is 0.465. The molecule has 4 aliphatic carbocycles. The summed E-state index contributed by atoms with van der Waals surface area (Å²) in [5.74, 6) is 1.74. The Balaban J connectivity index is 1.50. The lowest BCUT2D eigenvalue weighted by Gasteiger charge is -2.65. The molecule has 4 nitrogen and oxygen atoms in total. The minimum Gasteiger partial charge on any atom is -0.392 e. The van der Waals surface area contributed by atoms with Crippen molar-refractivity contribution in [1.29, 1.82) is 0 Å². The summed E-state index contributed by atoms with van der Waals surface area (Å²) in [6.45, 7) is 15.3. The van der Waals surface area contributed by atoms with Crippen molar-refractivity contribution in [1.82, 2.24) is 0 Å². The van der Waals surface area contributed by atoms with E-state index < -0.39 is 29.0 Å². The van der Waals surface area contributed by atoms with Gasteiger partial charge in [-0.25, -0.2) is 0 Å². The molecule has 10 atom stereocenters. The van der Waals surface area contributed by atoms with E-state index in [1.807, 2.05) is 19.9 Å². The second-order valence-corrected chi connectivity index (χ2v) is 14.3. The van der Waals surface area contributed by atoms with Crippen LogP contribution < -0.4 is 0 Å².